The maximum absolute atomic E-state index is 12.1. The molecule has 4 nitrogen and oxygen atoms in total. The third kappa shape index (κ3) is 4.73. The molecule has 0 fully saturated rings. The summed E-state index contributed by atoms with van der Waals surface area (Å²) in [6, 6.07) is 9.61. The van der Waals surface area contributed by atoms with E-state index in [1.807, 2.05) is 58.0 Å². The second kappa shape index (κ2) is 6.92. The van der Waals surface area contributed by atoms with Gasteiger partial charge in [0.2, 0.25) is 0 Å². The molecule has 0 saturated carbocycles. The molecule has 1 N–H and O–H groups in total. The van der Waals surface area contributed by atoms with Gasteiger partial charge in [0.15, 0.2) is 0 Å². The lowest BCUT2D eigenvalue weighted by Crippen LogP contribution is -2.47. The Morgan fingerprint density at radius 3 is 2.16 bits per heavy atom. The summed E-state index contributed by atoms with van der Waals surface area (Å²) in [5.74, 6) is -1.02. The van der Waals surface area contributed by atoms with Gasteiger partial charge in [0.25, 0.3) is 0 Å². The summed E-state index contributed by atoms with van der Waals surface area (Å²) in [7, 11) is 0. The third-order valence-corrected chi connectivity index (χ3v) is 2.69. The molecule has 0 heterocycles. The van der Waals surface area contributed by atoms with Gasteiger partial charge in [-0.15, -0.1) is 0 Å². The number of nitrogens with zero attached hydrogens (tertiary/aromatic N) is 1. The van der Waals surface area contributed by atoms with E-state index in [4.69, 9.17) is 0 Å². The quantitative estimate of drug-likeness (QED) is 0.843. The van der Waals surface area contributed by atoms with Crippen LogP contribution in [0.1, 0.15) is 33.3 Å². The van der Waals surface area contributed by atoms with Gasteiger partial charge in [0.1, 0.15) is 0 Å². The number of carbonyl (C=O) groups is 2. The van der Waals surface area contributed by atoms with Crippen LogP contribution in [0.4, 0.5) is 0 Å². The average molecular weight is 262 g/mol. The van der Waals surface area contributed by atoms with Crippen LogP contribution in [0.15, 0.2) is 30.3 Å². The molecule has 1 rings (SSSR count). The highest BCUT2D eigenvalue weighted by Gasteiger charge is 2.24. The number of benzene rings is 1. The minimum Gasteiger partial charge on any atom is -0.346 e. The molecule has 0 unspecified atom stereocenters. The van der Waals surface area contributed by atoms with Crippen LogP contribution in [-0.4, -0.2) is 28.8 Å². The molecule has 2 amide bonds. The molecule has 0 aromatic heterocycles. The molecular weight excluding hydrogens is 240 g/mol. The standard InChI is InChI=1S/C15H22N2O2/c1-11(2)16-14(18)15(19)17(12(3)4)10-13-8-6-5-7-9-13/h5-9,11-12H,10H2,1-4H3,(H,16,18). The molecule has 19 heavy (non-hydrogen) atoms. The molecule has 0 spiro atoms. The molecule has 0 aliphatic rings. The summed E-state index contributed by atoms with van der Waals surface area (Å²) in [6.45, 7) is 7.93. The molecule has 1 aromatic carbocycles. The van der Waals surface area contributed by atoms with Crippen LogP contribution in [0, 0.1) is 0 Å². The van der Waals surface area contributed by atoms with Crippen molar-refractivity contribution in [3.05, 3.63) is 35.9 Å². The van der Waals surface area contributed by atoms with Crippen LogP contribution < -0.4 is 5.32 Å². The fraction of sp³-hybridized carbons (Fsp3) is 0.467. The van der Waals surface area contributed by atoms with E-state index >= 15 is 0 Å². The molecular formula is C15H22N2O2. The zero-order valence-electron chi connectivity index (χ0n) is 12.0. The van der Waals surface area contributed by atoms with Crippen molar-refractivity contribution in [3.8, 4) is 0 Å². The molecule has 0 atom stereocenters. The topological polar surface area (TPSA) is 49.4 Å². The van der Waals surface area contributed by atoms with Crippen molar-refractivity contribution in [2.45, 2.75) is 46.3 Å². The Hall–Kier alpha value is -1.84. The van der Waals surface area contributed by atoms with Crippen LogP contribution in [0.3, 0.4) is 0 Å². The Morgan fingerprint density at radius 2 is 1.68 bits per heavy atom. The van der Waals surface area contributed by atoms with Crippen LogP contribution in [-0.2, 0) is 16.1 Å². The van der Waals surface area contributed by atoms with E-state index in [-0.39, 0.29) is 12.1 Å². The highest BCUT2D eigenvalue weighted by atomic mass is 16.2. The lowest BCUT2D eigenvalue weighted by Gasteiger charge is -2.26. The Balaban J connectivity index is 2.78. The van der Waals surface area contributed by atoms with Crippen LogP contribution in [0.25, 0.3) is 0 Å². The normalized spacial score (nSPS) is 10.6. The zero-order chi connectivity index (χ0) is 14.4. The summed E-state index contributed by atoms with van der Waals surface area (Å²) in [6.07, 6.45) is 0. The largest absolute Gasteiger partial charge is 0.346 e. The van der Waals surface area contributed by atoms with Gasteiger partial charge < -0.3 is 10.2 Å². The maximum atomic E-state index is 12.1. The first-order valence-electron chi connectivity index (χ1n) is 6.57. The number of amides is 2. The first-order valence-corrected chi connectivity index (χ1v) is 6.57. The van der Waals surface area contributed by atoms with Gasteiger partial charge in [-0.25, -0.2) is 0 Å². The van der Waals surface area contributed by atoms with Gasteiger partial charge in [0, 0.05) is 18.6 Å². The summed E-state index contributed by atoms with van der Waals surface area (Å²) < 4.78 is 0. The lowest BCUT2D eigenvalue weighted by molar-refractivity contribution is -0.147. The maximum Gasteiger partial charge on any atom is 0.312 e. The highest BCUT2D eigenvalue weighted by Crippen LogP contribution is 2.08. The first kappa shape index (κ1) is 15.2. The fourth-order valence-electron chi connectivity index (χ4n) is 1.72. The Bertz CT molecular complexity index is 427. The smallest absolute Gasteiger partial charge is 0.312 e. The second-order valence-electron chi connectivity index (χ2n) is 5.14. The van der Waals surface area contributed by atoms with Crippen molar-refractivity contribution in [1.82, 2.24) is 10.2 Å². The Labute approximate surface area is 114 Å². The minimum absolute atomic E-state index is 0.0226. The predicted molar refractivity (Wildman–Crippen MR) is 75.4 cm³/mol. The fourth-order valence-corrected chi connectivity index (χ4v) is 1.72. The molecule has 0 radical (unpaired) electrons. The van der Waals surface area contributed by atoms with E-state index in [1.165, 1.54) is 0 Å². The van der Waals surface area contributed by atoms with E-state index in [9.17, 15) is 9.59 Å². The monoisotopic (exact) mass is 262 g/mol. The first-order chi connectivity index (χ1) is 8.91. The highest BCUT2D eigenvalue weighted by molar-refractivity contribution is 6.35. The minimum atomic E-state index is -0.542. The molecule has 4 heteroatoms. The van der Waals surface area contributed by atoms with Crippen molar-refractivity contribution >= 4 is 11.8 Å². The second-order valence-corrected chi connectivity index (χ2v) is 5.14. The summed E-state index contributed by atoms with van der Waals surface area (Å²) >= 11 is 0. The Morgan fingerprint density at radius 1 is 1.11 bits per heavy atom. The summed E-state index contributed by atoms with van der Waals surface area (Å²) in [4.78, 5) is 25.5. The molecule has 0 aliphatic heterocycles. The number of nitrogens with one attached hydrogen (secondary N) is 1. The van der Waals surface area contributed by atoms with Crippen molar-refractivity contribution < 1.29 is 9.59 Å². The molecule has 0 saturated heterocycles. The number of hydrogen-bond donors (Lipinski definition) is 1. The zero-order valence-corrected chi connectivity index (χ0v) is 12.0. The van der Waals surface area contributed by atoms with Crippen LogP contribution in [0.5, 0.6) is 0 Å². The third-order valence-electron chi connectivity index (χ3n) is 2.69. The van der Waals surface area contributed by atoms with E-state index in [1.54, 1.807) is 4.90 Å². The molecule has 0 aliphatic carbocycles. The van der Waals surface area contributed by atoms with Gasteiger partial charge in [-0.05, 0) is 33.3 Å². The van der Waals surface area contributed by atoms with E-state index in [0.29, 0.717) is 6.54 Å². The number of hydrogen-bond acceptors (Lipinski definition) is 2. The Kier molecular flexibility index (Phi) is 5.55. The lowest BCUT2D eigenvalue weighted by atomic mass is 10.2. The van der Waals surface area contributed by atoms with Crippen LogP contribution in [0.2, 0.25) is 0 Å². The molecule has 1 aromatic rings. The summed E-state index contributed by atoms with van der Waals surface area (Å²) in [5, 5.41) is 2.63. The van der Waals surface area contributed by atoms with E-state index in [0.717, 1.165) is 5.56 Å². The SMILES string of the molecule is CC(C)NC(=O)C(=O)N(Cc1ccccc1)C(C)C. The van der Waals surface area contributed by atoms with E-state index in [2.05, 4.69) is 5.32 Å². The van der Waals surface area contributed by atoms with E-state index < -0.39 is 11.8 Å². The van der Waals surface area contributed by atoms with Gasteiger partial charge >= 0.3 is 11.8 Å². The molecule has 0 bridgehead atoms. The van der Waals surface area contributed by atoms with Crippen LogP contribution >= 0.6 is 0 Å². The van der Waals surface area contributed by atoms with Gasteiger partial charge in [-0.1, -0.05) is 30.3 Å². The van der Waals surface area contributed by atoms with Crippen molar-refractivity contribution in [2.24, 2.45) is 0 Å². The van der Waals surface area contributed by atoms with Crippen molar-refractivity contribution in [3.63, 3.8) is 0 Å². The predicted octanol–water partition coefficient (Wildman–Crippen LogP) is 1.95. The average Bonchev–Trinajstić information content (AvgIpc) is 2.35. The summed E-state index contributed by atoms with van der Waals surface area (Å²) in [5.41, 5.74) is 1.02. The van der Waals surface area contributed by atoms with Gasteiger partial charge in [-0.2, -0.15) is 0 Å². The molecule has 104 valence electrons. The number of rotatable bonds is 4. The van der Waals surface area contributed by atoms with Gasteiger partial charge in [-0.3, -0.25) is 9.59 Å². The van der Waals surface area contributed by atoms with Crippen molar-refractivity contribution in [1.29, 1.82) is 0 Å². The number of carbonyl (C=O) groups excluding carboxylic acids is 2. The van der Waals surface area contributed by atoms with Gasteiger partial charge in [0.05, 0.1) is 0 Å². The van der Waals surface area contributed by atoms with Crippen molar-refractivity contribution in [2.75, 3.05) is 0 Å².